The molecule has 3 unspecified atom stereocenters. The van der Waals surface area contributed by atoms with Gasteiger partial charge in [-0.05, 0) is 70.6 Å². The van der Waals surface area contributed by atoms with Crippen molar-refractivity contribution in [2.45, 2.75) is 321 Å². The Morgan fingerprint density at radius 1 is 0.459 bits per heavy atom. The molecule has 9 heteroatoms. The summed E-state index contributed by atoms with van der Waals surface area (Å²) in [4.78, 5) is 25.6. The molecular formula is C65H125N2O6P. The lowest BCUT2D eigenvalue weighted by molar-refractivity contribution is -0.870. The monoisotopic (exact) mass is 1060 g/mol. The van der Waals surface area contributed by atoms with Gasteiger partial charge in [0.25, 0.3) is 7.82 Å². The normalized spacial score (nSPS) is 14.1. The summed E-state index contributed by atoms with van der Waals surface area (Å²) in [7, 11) is 1.24. The van der Waals surface area contributed by atoms with Crippen LogP contribution >= 0.6 is 7.82 Å². The molecule has 0 bridgehead atoms. The van der Waals surface area contributed by atoms with Gasteiger partial charge in [0.1, 0.15) is 13.2 Å². The summed E-state index contributed by atoms with van der Waals surface area (Å²) in [6.07, 6.45) is 75.0. The SMILES string of the molecule is CCCCCCCCCC/C=C\CCCCCCCCCCCCCCCCCCCC(=O)NC(COP(=O)([O-])OCC[N+](C)(C)C)C(O)/C=C/CC/C=C/CC/C=C/CCCCCCCCCCCCCCC. The number of carbonyl (C=O) groups excluding carboxylic acids is 1. The fourth-order valence-electron chi connectivity index (χ4n) is 9.48. The van der Waals surface area contributed by atoms with Crippen LogP contribution in [0.5, 0.6) is 0 Å². The Kier molecular flexibility index (Phi) is 55.0. The maximum Gasteiger partial charge on any atom is 0.268 e. The first-order valence-corrected chi connectivity index (χ1v) is 33.5. The number of aliphatic hydroxyl groups is 1. The van der Waals surface area contributed by atoms with Crippen molar-refractivity contribution in [1.29, 1.82) is 0 Å². The number of phosphoric acid groups is 1. The number of carbonyl (C=O) groups is 1. The summed E-state index contributed by atoms with van der Waals surface area (Å²) in [5.74, 6) is -0.207. The average molecular weight is 1060 g/mol. The summed E-state index contributed by atoms with van der Waals surface area (Å²) in [5, 5.41) is 13.9. The fraction of sp³-hybridized carbons (Fsp3) is 0.862. The van der Waals surface area contributed by atoms with Crippen molar-refractivity contribution in [2.24, 2.45) is 0 Å². The summed E-state index contributed by atoms with van der Waals surface area (Å²) >= 11 is 0. The Labute approximate surface area is 460 Å². The summed E-state index contributed by atoms with van der Waals surface area (Å²) < 4.78 is 23.4. The molecule has 436 valence electrons. The van der Waals surface area contributed by atoms with Gasteiger partial charge in [0.15, 0.2) is 0 Å². The highest BCUT2D eigenvalue weighted by Crippen LogP contribution is 2.38. The van der Waals surface area contributed by atoms with Crippen molar-refractivity contribution >= 4 is 13.7 Å². The molecule has 0 spiro atoms. The molecule has 74 heavy (non-hydrogen) atoms. The van der Waals surface area contributed by atoms with E-state index in [2.05, 4.69) is 55.6 Å². The molecule has 1 amide bonds. The third kappa shape index (κ3) is 58.1. The van der Waals surface area contributed by atoms with Crippen LogP contribution in [-0.2, 0) is 18.4 Å². The minimum absolute atomic E-state index is 0.00843. The van der Waals surface area contributed by atoms with Gasteiger partial charge in [-0.3, -0.25) is 9.36 Å². The number of hydrogen-bond donors (Lipinski definition) is 2. The summed E-state index contributed by atoms with van der Waals surface area (Å²) in [5.41, 5.74) is 0. The van der Waals surface area contributed by atoms with Crippen LogP contribution in [0.25, 0.3) is 0 Å². The average Bonchev–Trinajstić information content (AvgIpc) is 3.36. The number of hydrogen-bond acceptors (Lipinski definition) is 6. The number of nitrogens with zero attached hydrogens (tertiary/aromatic N) is 1. The highest BCUT2D eigenvalue weighted by molar-refractivity contribution is 7.45. The molecule has 0 heterocycles. The topological polar surface area (TPSA) is 108 Å². The van der Waals surface area contributed by atoms with Gasteiger partial charge in [-0.25, -0.2) is 0 Å². The first kappa shape index (κ1) is 72.5. The maximum atomic E-state index is 13.0. The quantitative estimate of drug-likeness (QED) is 0.0272. The summed E-state index contributed by atoms with van der Waals surface area (Å²) in [6, 6.07) is -0.910. The predicted octanol–water partition coefficient (Wildman–Crippen LogP) is 19.2. The lowest BCUT2D eigenvalue weighted by atomic mass is 10.0. The molecule has 0 aliphatic rings. The van der Waals surface area contributed by atoms with Crippen LogP contribution in [-0.4, -0.2) is 68.5 Å². The van der Waals surface area contributed by atoms with Crippen molar-refractivity contribution in [3.05, 3.63) is 48.6 Å². The minimum Gasteiger partial charge on any atom is -0.756 e. The number of quaternary nitrogens is 1. The molecule has 0 aliphatic carbocycles. The van der Waals surface area contributed by atoms with Crippen molar-refractivity contribution in [1.82, 2.24) is 5.32 Å². The highest BCUT2D eigenvalue weighted by Gasteiger charge is 2.23. The molecule has 0 saturated heterocycles. The van der Waals surface area contributed by atoms with Crippen molar-refractivity contribution in [3.63, 3.8) is 0 Å². The Morgan fingerprint density at radius 2 is 0.757 bits per heavy atom. The van der Waals surface area contributed by atoms with E-state index in [1.54, 1.807) is 6.08 Å². The molecular weight excluding hydrogens is 936 g/mol. The van der Waals surface area contributed by atoms with Crippen LogP contribution in [0.4, 0.5) is 0 Å². The molecule has 8 nitrogen and oxygen atoms in total. The molecule has 0 aromatic rings. The molecule has 0 fully saturated rings. The van der Waals surface area contributed by atoms with E-state index in [1.165, 1.54) is 244 Å². The van der Waals surface area contributed by atoms with Gasteiger partial charge in [0, 0.05) is 6.42 Å². The second-order valence-corrected chi connectivity index (χ2v) is 24.5. The predicted molar refractivity (Wildman–Crippen MR) is 321 cm³/mol. The van der Waals surface area contributed by atoms with Crippen LogP contribution in [0.15, 0.2) is 48.6 Å². The standard InChI is InChI=1S/C65H125N2O6P/c1-6-8-10-12-14-16-18-20-22-24-26-28-30-31-32-33-34-35-37-39-41-43-45-47-49-51-53-55-57-59-65(69)66-63(62-73-74(70,71)72-61-60-67(3,4)5)64(68)58-56-54-52-50-48-46-44-42-40-38-36-29-27-25-23-21-19-17-15-13-11-9-7-2/h24,26,40,42,48,50,56,58,63-64,68H,6-23,25,27-39,41,43-47,49,51-55,57,59-62H2,1-5H3,(H-,66,69,70,71)/b26-24-,42-40+,50-48+,58-56+. The number of aliphatic hydroxyl groups excluding tert-OH is 1. The number of phosphoric ester groups is 1. The van der Waals surface area contributed by atoms with Gasteiger partial charge in [-0.2, -0.15) is 0 Å². The molecule has 0 saturated carbocycles. The molecule has 0 radical (unpaired) electrons. The number of rotatable bonds is 59. The van der Waals surface area contributed by atoms with Gasteiger partial charge in [-0.15, -0.1) is 0 Å². The van der Waals surface area contributed by atoms with Gasteiger partial charge < -0.3 is 28.8 Å². The number of likely N-dealkylation sites (N-methyl/N-ethyl adjacent to an activating group) is 1. The number of nitrogens with one attached hydrogen (secondary N) is 1. The Bertz CT molecular complexity index is 1340. The smallest absolute Gasteiger partial charge is 0.268 e. The second-order valence-electron chi connectivity index (χ2n) is 23.1. The van der Waals surface area contributed by atoms with Crippen LogP contribution in [0.2, 0.25) is 0 Å². The Balaban J connectivity index is 4.16. The van der Waals surface area contributed by atoms with Crippen molar-refractivity contribution in [3.8, 4) is 0 Å². The Hall–Kier alpha value is -1.54. The molecule has 0 rings (SSSR count). The van der Waals surface area contributed by atoms with E-state index in [0.29, 0.717) is 17.4 Å². The molecule has 0 aromatic heterocycles. The van der Waals surface area contributed by atoms with E-state index in [1.807, 2.05) is 27.2 Å². The summed E-state index contributed by atoms with van der Waals surface area (Å²) in [6.45, 7) is 4.66. The van der Waals surface area contributed by atoms with E-state index in [9.17, 15) is 19.4 Å². The first-order chi connectivity index (χ1) is 36.0. The second kappa shape index (κ2) is 56.2. The Morgan fingerprint density at radius 3 is 1.09 bits per heavy atom. The van der Waals surface area contributed by atoms with Crippen molar-refractivity contribution < 1.29 is 32.9 Å². The lowest BCUT2D eigenvalue weighted by Gasteiger charge is -2.29. The number of amides is 1. The van der Waals surface area contributed by atoms with Gasteiger partial charge >= 0.3 is 0 Å². The molecule has 3 atom stereocenters. The van der Waals surface area contributed by atoms with Gasteiger partial charge in [0.2, 0.25) is 5.91 Å². The van der Waals surface area contributed by atoms with Gasteiger partial charge in [0.05, 0.1) is 39.9 Å². The zero-order valence-corrected chi connectivity index (χ0v) is 50.7. The van der Waals surface area contributed by atoms with Crippen LogP contribution in [0.3, 0.4) is 0 Å². The largest absolute Gasteiger partial charge is 0.756 e. The lowest BCUT2D eigenvalue weighted by Crippen LogP contribution is -2.45. The first-order valence-electron chi connectivity index (χ1n) is 32.0. The van der Waals surface area contributed by atoms with Crippen LogP contribution in [0, 0.1) is 0 Å². The third-order valence-electron chi connectivity index (χ3n) is 14.5. The van der Waals surface area contributed by atoms with Crippen molar-refractivity contribution in [2.75, 3.05) is 40.9 Å². The highest BCUT2D eigenvalue weighted by atomic mass is 31.2. The van der Waals surface area contributed by atoms with E-state index < -0.39 is 26.6 Å². The van der Waals surface area contributed by atoms with Crippen LogP contribution < -0.4 is 10.2 Å². The van der Waals surface area contributed by atoms with E-state index in [4.69, 9.17) is 9.05 Å². The number of allylic oxidation sites excluding steroid dienone is 7. The fourth-order valence-corrected chi connectivity index (χ4v) is 10.2. The zero-order chi connectivity index (χ0) is 54.2. The van der Waals surface area contributed by atoms with E-state index >= 15 is 0 Å². The maximum absolute atomic E-state index is 13.0. The van der Waals surface area contributed by atoms with Gasteiger partial charge in [-0.1, -0.05) is 281 Å². The number of unbranched alkanes of at least 4 members (excludes halogenated alkanes) is 40. The molecule has 0 aliphatic heterocycles. The molecule has 0 aromatic carbocycles. The van der Waals surface area contributed by atoms with E-state index in [0.717, 1.165) is 44.9 Å². The third-order valence-corrected chi connectivity index (χ3v) is 15.5. The zero-order valence-electron chi connectivity index (χ0n) is 49.8. The van der Waals surface area contributed by atoms with E-state index in [-0.39, 0.29) is 12.5 Å². The molecule has 2 N–H and O–H groups in total. The van der Waals surface area contributed by atoms with Crippen LogP contribution in [0.1, 0.15) is 309 Å². The minimum atomic E-state index is -4.61.